The Morgan fingerprint density at radius 1 is 1.31 bits per heavy atom. The molecular formula is C10H22N2S. The van der Waals surface area contributed by atoms with Gasteiger partial charge in [-0.25, -0.2) is 0 Å². The quantitative estimate of drug-likeness (QED) is 0.511. The van der Waals surface area contributed by atoms with Crippen molar-refractivity contribution in [3.05, 3.63) is 0 Å². The van der Waals surface area contributed by atoms with Gasteiger partial charge in [0.1, 0.15) is 0 Å². The van der Waals surface area contributed by atoms with Gasteiger partial charge in [-0.15, -0.1) is 0 Å². The summed E-state index contributed by atoms with van der Waals surface area (Å²) in [6, 6.07) is 0.497. The highest BCUT2D eigenvalue weighted by Gasteiger charge is 2.01. The SMILES string of the molecule is CCCCCCC(C)NC(=S)NC. The van der Waals surface area contributed by atoms with Gasteiger partial charge in [0.15, 0.2) is 5.11 Å². The van der Waals surface area contributed by atoms with Crippen molar-refractivity contribution in [1.29, 1.82) is 0 Å². The van der Waals surface area contributed by atoms with Crippen LogP contribution in [0.2, 0.25) is 0 Å². The molecule has 0 saturated carbocycles. The third-order valence-electron chi connectivity index (χ3n) is 2.10. The van der Waals surface area contributed by atoms with Gasteiger partial charge < -0.3 is 10.6 Å². The van der Waals surface area contributed by atoms with Crippen LogP contribution in [0.15, 0.2) is 0 Å². The third kappa shape index (κ3) is 8.03. The summed E-state index contributed by atoms with van der Waals surface area (Å²) in [6.07, 6.45) is 6.50. The first-order chi connectivity index (χ1) is 6.20. The van der Waals surface area contributed by atoms with Crippen molar-refractivity contribution in [2.45, 2.75) is 52.0 Å². The highest BCUT2D eigenvalue weighted by atomic mass is 32.1. The van der Waals surface area contributed by atoms with Crippen LogP contribution in [0, 0.1) is 0 Å². The highest BCUT2D eigenvalue weighted by Crippen LogP contribution is 2.04. The number of hydrogen-bond acceptors (Lipinski definition) is 1. The molecule has 3 heteroatoms. The number of hydrogen-bond donors (Lipinski definition) is 2. The maximum Gasteiger partial charge on any atom is 0.166 e. The summed E-state index contributed by atoms with van der Waals surface area (Å²) in [6.45, 7) is 4.41. The van der Waals surface area contributed by atoms with E-state index in [1.54, 1.807) is 0 Å². The van der Waals surface area contributed by atoms with Gasteiger partial charge in [0.25, 0.3) is 0 Å². The third-order valence-corrected chi connectivity index (χ3v) is 2.42. The molecule has 0 aromatic heterocycles. The van der Waals surface area contributed by atoms with Crippen LogP contribution in [0.5, 0.6) is 0 Å². The predicted octanol–water partition coefficient (Wildman–Crippen LogP) is 2.44. The lowest BCUT2D eigenvalue weighted by atomic mass is 10.1. The van der Waals surface area contributed by atoms with Crippen molar-refractivity contribution in [2.75, 3.05) is 7.05 Å². The van der Waals surface area contributed by atoms with E-state index in [2.05, 4.69) is 24.5 Å². The smallest absolute Gasteiger partial charge is 0.166 e. The Morgan fingerprint density at radius 2 is 2.00 bits per heavy atom. The van der Waals surface area contributed by atoms with E-state index >= 15 is 0 Å². The van der Waals surface area contributed by atoms with Gasteiger partial charge in [0.05, 0.1) is 0 Å². The lowest BCUT2D eigenvalue weighted by molar-refractivity contribution is 0.542. The van der Waals surface area contributed by atoms with E-state index in [1.807, 2.05) is 7.05 Å². The minimum absolute atomic E-state index is 0.497. The second-order valence-electron chi connectivity index (χ2n) is 3.47. The summed E-state index contributed by atoms with van der Waals surface area (Å²) in [5.41, 5.74) is 0. The largest absolute Gasteiger partial charge is 0.366 e. The van der Waals surface area contributed by atoms with Crippen LogP contribution < -0.4 is 10.6 Å². The molecular weight excluding hydrogens is 180 g/mol. The summed E-state index contributed by atoms with van der Waals surface area (Å²) in [4.78, 5) is 0. The zero-order chi connectivity index (χ0) is 10.1. The Labute approximate surface area is 87.5 Å². The van der Waals surface area contributed by atoms with Crippen LogP contribution in [-0.2, 0) is 0 Å². The fourth-order valence-electron chi connectivity index (χ4n) is 1.25. The Hall–Kier alpha value is -0.310. The Morgan fingerprint density at radius 3 is 2.54 bits per heavy atom. The monoisotopic (exact) mass is 202 g/mol. The van der Waals surface area contributed by atoms with Crippen molar-refractivity contribution >= 4 is 17.3 Å². The minimum atomic E-state index is 0.497. The maximum atomic E-state index is 5.01. The summed E-state index contributed by atoms with van der Waals surface area (Å²) in [7, 11) is 1.85. The Balaban J connectivity index is 3.29. The minimum Gasteiger partial charge on any atom is -0.366 e. The van der Waals surface area contributed by atoms with Gasteiger partial charge in [0.2, 0.25) is 0 Å². The fraction of sp³-hybridized carbons (Fsp3) is 0.900. The van der Waals surface area contributed by atoms with Gasteiger partial charge in [-0.1, -0.05) is 32.6 Å². The molecule has 0 aliphatic carbocycles. The van der Waals surface area contributed by atoms with Crippen molar-refractivity contribution in [3.8, 4) is 0 Å². The second kappa shape index (κ2) is 8.30. The predicted molar refractivity (Wildman–Crippen MR) is 63.0 cm³/mol. The molecule has 13 heavy (non-hydrogen) atoms. The van der Waals surface area contributed by atoms with Crippen LogP contribution in [0.25, 0.3) is 0 Å². The van der Waals surface area contributed by atoms with E-state index in [0.717, 1.165) is 5.11 Å². The first-order valence-corrected chi connectivity index (χ1v) is 5.59. The summed E-state index contributed by atoms with van der Waals surface area (Å²) in [5, 5.41) is 6.90. The summed E-state index contributed by atoms with van der Waals surface area (Å²) < 4.78 is 0. The molecule has 1 atom stereocenters. The Kier molecular flexibility index (Phi) is 8.10. The van der Waals surface area contributed by atoms with E-state index in [4.69, 9.17) is 12.2 Å². The lowest BCUT2D eigenvalue weighted by Gasteiger charge is -2.14. The van der Waals surface area contributed by atoms with E-state index in [0.29, 0.717) is 6.04 Å². The molecule has 0 radical (unpaired) electrons. The Bertz CT molecular complexity index is 137. The molecule has 0 aliphatic heterocycles. The van der Waals surface area contributed by atoms with Gasteiger partial charge in [0, 0.05) is 13.1 Å². The molecule has 0 bridgehead atoms. The molecule has 0 aromatic carbocycles. The van der Waals surface area contributed by atoms with Gasteiger partial charge in [-0.2, -0.15) is 0 Å². The molecule has 0 aromatic rings. The molecule has 1 unspecified atom stereocenters. The number of rotatable bonds is 6. The topological polar surface area (TPSA) is 24.1 Å². The van der Waals surface area contributed by atoms with Crippen molar-refractivity contribution in [3.63, 3.8) is 0 Å². The number of thiocarbonyl (C=S) groups is 1. The van der Waals surface area contributed by atoms with Crippen molar-refractivity contribution in [1.82, 2.24) is 10.6 Å². The molecule has 2 nitrogen and oxygen atoms in total. The molecule has 0 fully saturated rings. The first-order valence-electron chi connectivity index (χ1n) is 5.19. The second-order valence-corrected chi connectivity index (χ2v) is 3.88. The summed E-state index contributed by atoms with van der Waals surface area (Å²) in [5.74, 6) is 0. The molecule has 2 N–H and O–H groups in total. The van der Waals surface area contributed by atoms with E-state index < -0.39 is 0 Å². The van der Waals surface area contributed by atoms with Crippen LogP contribution in [-0.4, -0.2) is 18.2 Å². The zero-order valence-corrected chi connectivity index (χ0v) is 9.84. The molecule has 0 aliphatic rings. The van der Waals surface area contributed by atoms with Crippen molar-refractivity contribution < 1.29 is 0 Å². The molecule has 78 valence electrons. The van der Waals surface area contributed by atoms with Crippen LogP contribution in [0.1, 0.15) is 46.0 Å². The number of nitrogens with one attached hydrogen (secondary N) is 2. The molecule has 0 spiro atoms. The van der Waals surface area contributed by atoms with E-state index in [9.17, 15) is 0 Å². The van der Waals surface area contributed by atoms with Crippen molar-refractivity contribution in [2.24, 2.45) is 0 Å². The number of unbranched alkanes of at least 4 members (excludes halogenated alkanes) is 3. The van der Waals surface area contributed by atoms with Crippen LogP contribution in [0.3, 0.4) is 0 Å². The average Bonchev–Trinajstić information content (AvgIpc) is 2.12. The van der Waals surface area contributed by atoms with Gasteiger partial charge >= 0.3 is 0 Å². The zero-order valence-electron chi connectivity index (χ0n) is 9.02. The standard InChI is InChI=1S/C10H22N2S/c1-4-5-6-7-8-9(2)12-10(13)11-3/h9H,4-8H2,1-3H3,(H2,11,12,13). The lowest BCUT2D eigenvalue weighted by Crippen LogP contribution is -2.38. The highest BCUT2D eigenvalue weighted by molar-refractivity contribution is 7.80. The molecule has 0 saturated heterocycles. The average molecular weight is 202 g/mol. The normalized spacial score (nSPS) is 12.2. The van der Waals surface area contributed by atoms with E-state index in [-0.39, 0.29) is 0 Å². The van der Waals surface area contributed by atoms with Gasteiger partial charge in [-0.3, -0.25) is 0 Å². The van der Waals surface area contributed by atoms with Gasteiger partial charge in [-0.05, 0) is 25.6 Å². The first kappa shape index (κ1) is 12.7. The molecule has 0 rings (SSSR count). The van der Waals surface area contributed by atoms with Crippen LogP contribution in [0.4, 0.5) is 0 Å². The maximum absolute atomic E-state index is 5.01. The van der Waals surface area contributed by atoms with Crippen LogP contribution >= 0.6 is 12.2 Å². The summed E-state index contributed by atoms with van der Waals surface area (Å²) >= 11 is 5.01. The fourth-order valence-corrected chi connectivity index (χ4v) is 1.45. The molecule has 0 amide bonds. The van der Waals surface area contributed by atoms with E-state index in [1.165, 1.54) is 32.1 Å². The molecule has 0 heterocycles.